The monoisotopic (exact) mass is 481 g/mol. The van der Waals surface area contributed by atoms with Gasteiger partial charge in [0, 0.05) is 24.6 Å². The molecule has 4 N–H and O–H groups in total. The first kappa shape index (κ1) is 24.3. The van der Waals surface area contributed by atoms with Crippen molar-refractivity contribution in [3.05, 3.63) is 23.5 Å². The molecule has 4 saturated carbocycles. The van der Waals surface area contributed by atoms with Crippen molar-refractivity contribution in [2.45, 2.75) is 70.6 Å². The fourth-order valence-corrected chi connectivity index (χ4v) is 6.47. The molecule has 5 rings (SSSR count). The summed E-state index contributed by atoms with van der Waals surface area (Å²) < 4.78 is 42.4. The summed E-state index contributed by atoms with van der Waals surface area (Å²) in [5.41, 5.74) is 2.48. The number of carbonyl (C=O) groups excluding carboxylic acids is 3. The lowest BCUT2D eigenvalue weighted by Gasteiger charge is -2.58. The van der Waals surface area contributed by atoms with Crippen molar-refractivity contribution in [3.63, 3.8) is 0 Å². The van der Waals surface area contributed by atoms with Gasteiger partial charge in [0.1, 0.15) is 0 Å². The van der Waals surface area contributed by atoms with E-state index in [4.69, 9.17) is 5.73 Å². The summed E-state index contributed by atoms with van der Waals surface area (Å²) in [7, 11) is 0. The van der Waals surface area contributed by atoms with Crippen molar-refractivity contribution in [3.8, 4) is 0 Å². The van der Waals surface area contributed by atoms with Crippen LogP contribution in [0.15, 0.2) is 12.3 Å². The van der Waals surface area contributed by atoms with Crippen LogP contribution in [0, 0.1) is 23.2 Å². The Hall–Kier alpha value is -2.85. The maximum atomic E-state index is 13.9. The molecule has 0 spiro atoms. The first-order valence-electron chi connectivity index (χ1n) is 11.4. The number of carbonyl (C=O) groups is 3. The van der Waals surface area contributed by atoms with Crippen molar-refractivity contribution in [2.75, 3.05) is 0 Å². The molecule has 4 aliphatic carbocycles. The van der Waals surface area contributed by atoms with Gasteiger partial charge >= 0.3 is 6.18 Å². The fourth-order valence-electron chi connectivity index (χ4n) is 6.47. The summed E-state index contributed by atoms with van der Waals surface area (Å²) in [4.78, 5) is 36.5. The van der Waals surface area contributed by atoms with E-state index in [-0.39, 0.29) is 29.7 Å². The van der Waals surface area contributed by atoms with Gasteiger partial charge < -0.3 is 16.4 Å². The Morgan fingerprint density at radius 1 is 1.18 bits per heavy atom. The van der Waals surface area contributed by atoms with Gasteiger partial charge in [-0.2, -0.15) is 18.3 Å². The average Bonchev–Trinajstić information content (AvgIpc) is 3.12. The number of alkyl halides is 3. The van der Waals surface area contributed by atoms with Gasteiger partial charge in [0.25, 0.3) is 5.91 Å². The first-order chi connectivity index (χ1) is 15.7. The standard InChI is InChI=1S/C23H30F3N5O3/c1-12(32)30-21(2,3)4-5-31-18(23(24,25)26)16(11-28-31)19(33)29-17-14-6-13-7-15(17)10-22(8-13,9-14)20(27)34/h4-5,11,13-15,17H,6-10H2,1-3H3,(H2,27,34)(H,29,33)(H,30,32)/b5-4+/t13?,14?,15?,17-,22-. The summed E-state index contributed by atoms with van der Waals surface area (Å²) >= 11 is 0. The molecule has 4 bridgehead atoms. The normalized spacial score (nSPS) is 30.5. The smallest absolute Gasteiger partial charge is 0.369 e. The van der Waals surface area contributed by atoms with Gasteiger partial charge in [0.05, 0.1) is 17.3 Å². The van der Waals surface area contributed by atoms with Gasteiger partial charge in [0.15, 0.2) is 5.69 Å². The summed E-state index contributed by atoms with van der Waals surface area (Å²) in [5.74, 6) is -1.08. The summed E-state index contributed by atoms with van der Waals surface area (Å²) in [6.07, 6.45) is 2.11. The van der Waals surface area contributed by atoms with Gasteiger partial charge in [0.2, 0.25) is 11.8 Å². The van der Waals surface area contributed by atoms with E-state index >= 15 is 0 Å². The molecule has 0 aliphatic heterocycles. The van der Waals surface area contributed by atoms with Crippen LogP contribution in [0.25, 0.3) is 6.20 Å². The zero-order valence-electron chi connectivity index (χ0n) is 19.4. The lowest BCUT2D eigenvalue weighted by Crippen LogP contribution is -2.62. The van der Waals surface area contributed by atoms with E-state index in [1.54, 1.807) is 13.8 Å². The number of nitrogens with zero attached hydrogens (tertiary/aromatic N) is 2. The highest BCUT2D eigenvalue weighted by Gasteiger charge is 2.58. The van der Waals surface area contributed by atoms with Gasteiger partial charge in [-0.3, -0.25) is 14.4 Å². The van der Waals surface area contributed by atoms with Crippen LogP contribution < -0.4 is 16.4 Å². The highest BCUT2D eigenvalue weighted by Crippen LogP contribution is 2.60. The van der Waals surface area contributed by atoms with Gasteiger partial charge in [-0.25, -0.2) is 4.68 Å². The Bertz CT molecular complexity index is 1030. The first-order valence-corrected chi connectivity index (χ1v) is 11.4. The van der Waals surface area contributed by atoms with Crippen LogP contribution in [0.2, 0.25) is 0 Å². The van der Waals surface area contributed by atoms with E-state index in [0.29, 0.717) is 23.4 Å². The van der Waals surface area contributed by atoms with E-state index < -0.39 is 34.3 Å². The number of primary amides is 1. The highest BCUT2D eigenvalue weighted by molar-refractivity contribution is 5.95. The average molecular weight is 482 g/mol. The molecule has 4 fully saturated rings. The van der Waals surface area contributed by atoms with Crippen LogP contribution in [-0.2, 0) is 15.8 Å². The Labute approximate surface area is 195 Å². The van der Waals surface area contributed by atoms with Crippen molar-refractivity contribution >= 4 is 23.9 Å². The Kier molecular flexibility index (Phi) is 5.80. The summed E-state index contributed by atoms with van der Waals surface area (Å²) in [6, 6.07) is -0.296. The third-order valence-corrected chi connectivity index (χ3v) is 7.53. The zero-order chi connectivity index (χ0) is 25.1. The largest absolute Gasteiger partial charge is 0.434 e. The van der Waals surface area contributed by atoms with Crippen LogP contribution in [0.3, 0.4) is 0 Å². The molecule has 0 radical (unpaired) electrons. The number of aromatic nitrogens is 2. The van der Waals surface area contributed by atoms with Crippen molar-refractivity contribution in [2.24, 2.45) is 28.9 Å². The van der Waals surface area contributed by atoms with Crippen molar-refractivity contribution in [1.29, 1.82) is 0 Å². The number of hydrogen-bond donors (Lipinski definition) is 3. The third-order valence-electron chi connectivity index (χ3n) is 7.53. The SMILES string of the molecule is CC(=O)NC(C)(C)/C=C/n1ncc(C(=O)N[C@H]2C3CC4CC2C[C@](C(N)=O)(C4)C3)c1C(F)(F)F. The minimum absolute atomic E-state index is 0.0189. The molecule has 4 aliphatic rings. The Morgan fingerprint density at radius 2 is 1.79 bits per heavy atom. The molecular formula is C23H30F3N5O3. The maximum absolute atomic E-state index is 13.9. The minimum atomic E-state index is -4.83. The van der Waals surface area contributed by atoms with Crippen molar-refractivity contribution in [1.82, 2.24) is 20.4 Å². The van der Waals surface area contributed by atoms with Gasteiger partial charge in [-0.1, -0.05) is 0 Å². The lowest BCUT2D eigenvalue weighted by molar-refractivity contribution is -0.145. The maximum Gasteiger partial charge on any atom is 0.434 e. The number of hydrogen-bond acceptors (Lipinski definition) is 4. The third kappa shape index (κ3) is 4.44. The van der Waals surface area contributed by atoms with E-state index in [2.05, 4.69) is 15.7 Å². The minimum Gasteiger partial charge on any atom is -0.369 e. The van der Waals surface area contributed by atoms with Gasteiger partial charge in [-0.15, -0.1) is 0 Å². The number of rotatable bonds is 6. The van der Waals surface area contributed by atoms with Crippen LogP contribution in [0.4, 0.5) is 13.2 Å². The Morgan fingerprint density at radius 3 is 2.32 bits per heavy atom. The summed E-state index contributed by atoms with van der Waals surface area (Å²) in [5, 5.41) is 9.22. The van der Waals surface area contributed by atoms with Crippen LogP contribution in [0.1, 0.15) is 68.9 Å². The number of halogens is 3. The van der Waals surface area contributed by atoms with Crippen LogP contribution in [0.5, 0.6) is 0 Å². The molecule has 0 aromatic carbocycles. The van der Waals surface area contributed by atoms with E-state index in [1.165, 1.54) is 13.0 Å². The second-order valence-corrected chi connectivity index (χ2v) is 10.7. The Balaban J connectivity index is 1.56. The zero-order valence-corrected chi connectivity index (χ0v) is 19.4. The molecule has 3 amide bonds. The van der Waals surface area contributed by atoms with Crippen LogP contribution in [-0.4, -0.2) is 39.1 Å². The topological polar surface area (TPSA) is 119 Å². The molecule has 8 nitrogen and oxygen atoms in total. The second kappa shape index (κ2) is 8.13. The second-order valence-electron chi connectivity index (χ2n) is 10.7. The predicted octanol–water partition coefficient (Wildman–Crippen LogP) is 2.70. The predicted molar refractivity (Wildman–Crippen MR) is 117 cm³/mol. The number of amides is 3. The highest BCUT2D eigenvalue weighted by atomic mass is 19.4. The molecule has 0 saturated heterocycles. The molecule has 11 heteroatoms. The fraction of sp³-hybridized carbons (Fsp3) is 0.652. The molecule has 34 heavy (non-hydrogen) atoms. The quantitative estimate of drug-likeness (QED) is 0.579. The number of nitrogens with one attached hydrogen (secondary N) is 2. The van der Waals surface area contributed by atoms with Gasteiger partial charge in [-0.05, 0) is 69.8 Å². The summed E-state index contributed by atoms with van der Waals surface area (Å²) in [6.45, 7) is 4.56. The molecule has 2 unspecified atom stereocenters. The van der Waals surface area contributed by atoms with Crippen molar-refractivity contribution < 1.29 is 27.6 Å². The van der Waals surface area contributed by atoms with E-state index in [9.17, 15) is 27.6 Å². The molecule has 2 atom stereocenters. The molecule has 1 aromatic rings. The van der Waals surface area contributed by atoms with E-state index in [1.807, 2.05) is 0 Å². The van der Waals surface area contributed by atoms with Crippen LogP contribution >= 0.6 is 0 Å². The van der Waals surface area contributed by atoms with E-state index in [0.717, 1.165) is 31.7 Å². The molecule has 186 valence electrons. The lowest BCUT2D eigenvalue weighted by atomic mass is 9.47. The molecule has 1 heterocycles. The number of nitrogens with two attached hydrogens (primary N) is 1. The molecule has 1 aromatic heterocycles. The molecular weight excluding hydrogens is 451 g/mol.